The highest BCUT2D eigenvalue weighted by Crippen LogP contribution is 2.74. The molecule has 0 aromatic heterocycles. The highest BCUT2D eigenvalue weighted by molar-refractivity contribution is 5.97. The summed E-state index contributed by atoms with van der Waals surface area (Å²) in [4.78, 5) is 27.2. The number of allylic oxidation sites excluding steroid dienone is 2. The van der Waals surface area contributed by atoms with Gasteiger partial charge in [-0.3, -0.25) is 9.59 Å². The summed E-state index contributed by atoms with van der Waals surface area (Å²) in [5.41, 5.74) is 1.32. The number of carbonyl (C=O) groups excluding carboxylic acids is 2. The van der Waals surface area contributed by atoms with Crippen molar-refractivity contribution in [3.63, 3.8) is 0 Å². The van der Waals surface area contributed by atoms with E-state index >= 15 is 0 Å². The molecule has 8 atom stereocenters. The molecule has 4 fully saturated rings. The lowest BCUT2D eigenvalue weighted by Gasteiger charge is -2.70. The number of methoxy groups -OCH3 is 1. The molecule has 0 saturated heterocycles. The Morgan fingerprint density at radius 3 is 2.31 bits per heavy atom. The molecule has 0 radical (unpaired) electrons. The number of fused-ring (bicyclic) bond motifs is 7. The first-order valence-corrected chi connectivity index (χ1v) is 14.2. The molecule has 1 N–H and O–H groups in total. The van der Waals surface area contributed by atoms with Crippen molar-refractivity contribution < 1.29 is 19.5 Å². The summed E-state index contributed by atoms with van der Waals surface area (Å²) in [5.74, 6) is 0.708. The van der Waals surface area contributed by atoms with Gasteiger partial charge < -0.3 is 9.94 Å². The zero-order valence-corrected chi connectivity index (χ0v) is 23.8. The molecule has 0 bridgehead atoms. The van der Waals surface area contributed by atoms with Crippen molar-refractivity contribution in [2.75, 3.05) is 7.11 Å². The zero-order chi connectivity index (χ0) is 26.5. The van der Waals surface area contributed by atoms with Gasteiger partial charge in [0.1, 0.15) is 0 Å². The number of oxime groups is 1. The van der Waals surface area contributed by atoms with Crippen LogP contribution in [-0.4, -0.2) is 29.8 Å². The van der Waals surface area contributed by atoms with E-state index < -0.39 is 5.41 Å². The van der Waals surface area contributed by atoms with Gasteiger partial charge in [0.2, 0.25) is 0 Å². The summed E-state index contributed by atoms with van der Waals surface area (Å²) in [6.45, 7) is 16.1. The highest BCUT2D eigenvalue weighted by Gasteiger charge is 2.70. The van der Waals surface area contributed by atoms with Crippen molar-refractivity contribution in [3.8, 4) is 0 Å². The van der Waals surface area contributed by atoms with Crippen molar-refractivity contribution in [2.24, 2.45) is 55.4 Å². The molecule has 5 heteroatoms. The molecule has 5 rings (SSSR count). The van der Waals surface area contributed by atoms with E-state index in [1.165, 1.54) is 12.7 Å². The lowest BCUT2D eigenvalue weighted by molar-refractivity contribution is -0.176. The maximum absolute atomic E-state index is 14.3. The molecule has 5 nitrogen and oxygen atoms in total. The van der Waals surface area contributed by atoms with Crippen molar-refractivity contribution in [2.45, 2.75) is 106 Å². The van der Waals surface area contributed by atoms with Crippen molar-refractivity contribution in [3.05, 3.63) is 11.6 Å². The number of hydrogen-bond donors (Lipinski definition) is 1. The fourth-order valence-electron chi connectivity index (χ4n) is 10.6. The third-order valence-corrected chi connectivity index (χ3v) is 13.2. The molecule has 4 saturated carbocycles. The summed E-state index contributed by atoms with van der Waals surface area (Å²) in [5, 5.41) is 13.5. The van der Waals surface area contributed by atoms with Gasteiger partial charge in [-0.1, -0.05) is 52.3 Å². The summed E-state index contributed by atoms with van der Waals surface area (Å²) in [6, 6.07) is 0. The van der Waals surface area contributed by atoms with Gasteiger partial charge in [0.25, 0.3) is 0 Å². The molecule has 5 aliphatic carbocycles. The van der Waals surface area contributed by atoms with Crippen LogP contribution in [0, 0.1) is 50.2 Å². The van der Waals surface area contributed by atoms with Crippen LogP contribution in [0.25, 0.3) is 0 Å². The Labute approximate surface area is 217 Å². The van der Waals surface area contributed by atoms with Crippen molar-refractivity contribution >= 4 is 17.5 Å². The van der Waals surface area contributed by atoms with E-state index in [9.17, 15) is 14.8 Å². The number of nitrogens with zero attached hydrogens (tertiary/aromatic N) is 1. The van der Waals surface area contributed by atoms with Crippen LogP contribution < -0.4 is 0 Å². The smallest absolute Gasteiger partial charge is 0.311 e. The molecular weight excluding hydrogens is 450 g/mol. The quantitative estimate of drug-likeness (QED) is 0.241. The Hall–Kier alpha value is -1.65. The van der Waals surface area contributed by atoms with Crippen LogP contribution in [0.3, 0.4) is 0 Å². The monoisotopic (exact) mass is 497 g/mol. The van der Waals surface area contributed by atoms with Gasteiger partial charge in [-0.05, 0) is 104 Å². The maximum Gasteiger partial charge on any atom is 0.311 e. The third kappa shape index (κ3) is 3.04. The molecule has 0 heterocycles. The second-order valence-corrected chi connectivity index (χ2v) is 15.0. The SMILES string of the molecule is COC(=O)[C@@]1(C)CC[C@]2(C)CC[C@]3(C)C(=CC(=O)[C@@H]4[C@@]5(C)CC/C(=N\O)C(C)(C)[C@@H]5CC[C@]43C)[C@@H]2C1. The number of hydrogen-bond acceptors (Lipinski definition) is 5. The van der Waals surface area contributed by atoms with Crippen LogP contribution in [0.5, 0.6) is 0 Å². The Balaban J connectivity index is 1.61. The summed E-state index contributed by atoms with van der Waals surface area (Å²) in [6.07, 6.45) is 10.7. The predicted octanol–water partition coefficient (Wildman–Crippen LogP) is 6.97. The first-order valence-electron chi connectivity index (χ1n) is 14.2. The van der Waals surface area contributed by atoms with E-state index in [-0.39, 0.29) is 44.9 Å². The largest absolute Gasteiger partial charge is 0.469 e. The van der Waals surface area contributed by atoms with E-state index in [1.54, 1.807) is 0 Å². The normalized spacial score (nSPS) is 50.8. The van der Waals surface area contributed by atoms with E-state index in [0.717, 1.165) is 63.5 Å². The van der Waals surface area contributed by atoms with Gasteiger partial charge in [-0.2, -0.15) is 0 Å². The Kier molecular flexibility index (Phi) is 5.55. The number of carbonyl (C=O) groups is 2. The standard InChI is InChI=1S/C31H47NO4/c1-26(2)22-9-12-31(7)24(29(22,5)11-10-23(26)32-35)21(33)17-19-20-18-28(4,25(34)36-8)14-13-27(20,3)15-16-30(19,31)6/h17,20,22,24,35H,9-16,18H2,1-8H3/b32-23+/t20-,22-,24+,27+,28-,29-,30+,31+/m0/s1. The number of esters is 1. The second-order valence-electron chi connectivity index (χ2n) is 15.0. The molecule has 200 valence electrons. The first-order chi connectivity index (χ1) is 16.6. The Morgan fingerprint density at radius 2 is 1.67 bits per heavy atom. The van der Waals surface area contributed by atoms with Crippen LogP contribution >= 0.6 is 0 Å². The fraction of sp³-hybridized carbons (Fsp3) is 0.839. The molecule has 0 aromatic carbocycles. The molecule has 0 unspecified atom stereocenters. The van der Waals surface area contributed by atoms with Crippen molar-refractivity contribution in [1.82, 2.24) is 0 Å². The molecule has 0 aliphatic heterocycles. The summed E-state index contributed by atoms with van der Waals surface area (Å²) in [7, 11) is 1.50. The van der Waals surface area contributed by atoms with E-state index in [2.05, 4.69) is 59.7 Å². The van der Waals surface area contributed by atoms with Gasteiger partial charge in [0, 0.05) is 11.3 Å². The second kappa shape index (κ2) is 7.69. The van der Waals surface area contributed by atoms with Crippen LogP contribution in [0.15, 0.2) is 16.8 Å². The first kappa shape index (κ1) is 26.0. The summed E-state index contributed by atoms with van der Waals surface area (Å²) < 4.78 is 5.25. The van der Waals surface area contributed by atoms with E-state index in [4.69, 9.17) is 4.74 Å². The average molecular weight is 498 g/mol. The maximum atomic E-state index is 14.3. The average Bonchev–Trinajstić information content (AvgIpc) is 2.80. The van der Waals surface area contributed by atoms with Crippen LogP contribution in [0.1, 0.15) is 106 Å². The zero-order valence-electron chi connectivity index (χ0n) is 23.8. The topological polar surface area (TPSA) is 76.0 Å². The number of ketones is 1. The molecule has 0 aromatic rings. The third-order valence-electron chi connectivity index (χ3n) is 13.2. The Bertz CT molecular complexity index is 1060. The minimum atomic E-state index is -0.490. The number of rotatable bonds is 1. The predicted molar refractivity (Wildman–Crippen MR) is 141 cm³/mol. The van der Waals surface area contributed by atoms with Crippen LogP contribution in [-0.2, 0) is 14.3 Å². The molecule has 0 spiro atoms. The van der Waals surface area contributed by atoms with Crippen LogP contribution in [0.4, 0.5) is 0 Å². The fourth-order valence-corrected chi connectivity index (χ4v) is 10.6. The van der Waals surface area contributed by atoms with Gasteiger partial charge in [0.15, 0.2) is 5.78 Å². The lowest BCUT2D eigenvalue weighted by Crippen LogP contribution is -2.66. The molecule has 0 amide bonds. The summed E-state index contributed by atoms with van der Waals surface area (Å²) >= 11 is 0. The minimum Gasteiger partial charge on any atom is -0.469 e. The van der Waals surface area contributed by atoms with Gasteiger partial charge in [0.05, 0.1) is 18.2 Å². The van der Waals surface area contributed by atoms with Crippen molar-refractivity contribution in [1.29, 1.82) is 0 Å². The van der Waals surface area contributed by atoms with Crippen LogP contribution in [0.2, 0.25) is 0 Å². The molecular formula is C31H47NO4. The van der Waals surface area contributed by atoms with Gasteiger partial charge in [-0.25, -0.2) is 0 Å². The van der Waals surface area contributed by atoms with Gasteiger partial charge >= 0.3 is 5.97 Å². The number of ether oxygens (including phenoxy) is 1. The van der Waals surface area contributed by atoms with E-state index in [0.29, 0.717) is 11.7 Å². The van der Waals surface area contributed by atoms with Gasteiger partial charge in [-0.15, -0.1) is 0 Å². The Morgan fingerprint density at radius 1 is 1.00 bits per heavy atom. The lowest BCUT2D eigenvalue weighted by atomic mass is 9.33. The van der Waals surface area contributed by atoms with E-state index in [1.807, 2.05) is 0 Å². The minimum absolute atomic E-state index is 0.0306. The molecule has 5 aliphatic rings. The molecule has 36 heavy (non-hydrogen) atoms. The highest BCUT2D eigenvalue weighted by atomic mass is 16.5.